The first-order valence-corrected chi connectivity index (χ1v) is 10.4. The van der Waals surface area contributed by atoms with E-state index in [4.69, 9.17) is 32.4 Å². The van der Waals surface area contributed by atoms with E-state index >= 15 is 0 Å². The Morgan fingerprint density at radius 2 is 1.81 bits per heavy atom. The van der Waals surface area contributed by atoms with Gasteiger partial charge in [-0.2, -0.15) is 0 Å². The highest BCUT2D eigenvalue weighted by atomic mass is 35.5. The Hall–Kier alpha value is -2.96. The predicted molar refractivity (Wildman–Crippen MR) is 119 cm³/mol. The number of nitrogens with zero attached hydrogens (tertiary/aromatic N) is 1. The molecule has 31 heavy (non-hydrogen) atoms. The molecule has 162 valence electrons. The second-order valence-corrected chi connectivity index (χ2v) is 7.68. The van der Waals surface area contributed by atoms with Crippen LogP contribution in [0.15, 0.2) is 71.3 Å². The lowest BCUT2D eigenvalue weighted by Gasteiger charge is -2.28. The fourth-order valence-electron chi connectivity index (χ4n) is 2.89. The summed E-state index contributed by atoms with van der Waals surface area (Å²) >= 11 is 12.1. The van der Waals surface area contributed by atoms with Crippen molar-refractivity contribution >= 4 is 35.0 Å². The molecule has 0 radical (unpaired) electrons. The number of amides is 2. The molecule has 2 amide bonds. The summed E-state index contributed by atoms with van der Waals surface area (Å²) in [6.07, 6.45) is 1.54. The third-order valence-corrected chi connectivity index (χ3v) is 5.20. The van der Waals surface area contributed by atoms with Gasteiger partial charge in [-0.3, -0.25) is 9.59 Å². The minimum absolute atomic E-state index is 0.219. The minimum atomic E-state index is -0.743. The topological polar surface area (TPSA) is 71.8 Å². The van der Waals surface area contributed by atoms with Crippen LogP contribution in [-0.2, 0) is 22.7 Å². The number of rotatable bonds is 9. The number of furan rings is 1. The van der Waals surface area contributed by atoms with Gasteiger partial charge in [-0.05, 0) is 48.9 Å². The molecule has 1 aromatic heterocycles. The van der Waals surface area contributed by atoms with Gasteiger partial charge in [0, 0.05) is 11.6 Å². The first kappa shape index (κ1) is 22.7. The van der Waals surface area contributed by atoms with E-state index in [2.05, 4.69) is 5.32 Å². The number of hydrogen-bond donors (Lipinski definition) is 1. The van der Waals surface area contributed by atoms with Crippen molar-refractivity contribution in [3.8, 4) is 5.75 Å². The van der Waals surface area contributed by atoms with E-state index in [-0.39, 0.29) is 31.5 Å². The molecule has 3 rings (SSSR count). The monoisotopic (exact) mass is 460 g/mol. The van der Waals surface area contributed by atoms with Crippen molar-refractivity contribution < 1.29 is 18.7 Å². The molecule has 0 bridgehead atoms. The van der Waals surface area contributed by atoms with E-state index in [9.17, 15) is 9.59 Å². The van der Waals surface area contributed by atoms with Crippen molar-refractivity contribution in [3.63, 3.8) is 0 Å². The Morgan fingerprint density at radius 1 is 1.06 bits per heavy atom. The standard InChI is InChI=1S/C23H22Cl2N2O4/c1-16(23(29)26-13-19-5-4-12-30-19)27(14-17-8-10-18(24)11-9-17)22(28)15-31-21-7-3-2-6-20(21)25/h2-12,16H,13-15H2,1H3,(H,26,29)/t16-/m0/s1. The second-order valence-electron chi connectivity index (χ2n) is 6.84. The molecular formula is C23H22Cl2N2O4. The van der Waals surface area contributed by atoms with Crippen molar-refractivity contribution in [2.75, 3.05) is 6.61 Å². The summed E-state index contributed by atoms with van der Waals surface area (Å²) in [5.41, 5.74) is 0.834. The van der Waals surface area contributed by atoms with Gasteiger partial charge < -0.3 is 19.4 Å². The molecule has 2 aromatic carbocycles. The first-order chi connectivity index (χ1) is 14.9. The quantitative estimate of drug-likeness (QED) is 0.502. The normalized spacial score (nSPS) is 11.6. The molecule has 0 unspecified atom stereocenters. The van der Waals surface area contributed by atoms with E-state index in [0.717, 1.165) is 5.56 Å². The summed E-state index contributed by atoms with van der Waals surface area (Å²) in [5.74, 6) is 0.365. The zero-order valence-electron chi connectivity index (χ0n) is 16.9. The highest BCUT2D eigenvalue weighted by molar-refractivity contribution is 6.32. The largest absolute Gasteiger partial charge is 0.482 e. The third kappa shape index (κ3) is 6.51. The summed E-state index contributed by atoms with van der Waals surface area (Å²) in [5, 5.41) is 3.79. The smallest absolute Gasteiger partial charge is 0.261 e. The molecule has 0 aliphatic carbocycles. The van der Waals surface area contributed by atoms with Gasteiger partial charge in [-0.25, -0.2) is 0 Å². The van der Waals surface area contributed by atoms with Crippen molar-refractivity contribution in [3.05, 3.63) is 88.3 Å². The lowest BCUT2D eigenvalue weighted by atomic mass is 10.1. The Kier molecular flexibility index (Phi) is 7.98. The summed E-state index contributed by atoms with van der Waals surface area (Å²) < 4.78 is 10.8. The van der Waals surface area contributed by atoms with Gasteiger partial charge in [0.05, 0.1) is 17.8 Å². The van der Waals surface area contributed by atoms with Crippen LogP contribution in [-0.4, -0.2) is 29.4 Å². The number of carbonyl (C=O) groups is 2. The van der Waals surface area contributed by atoms with Crippen LogP contribution in [0, 0.1) is 0 Å². The SMILES string of the molecule is C[C@@H](C(=O)NCc1ccco1)N(Cc1ccc(Cl)cc1)C(=O)COc1ccccc1Cl. The lowest BCUT2D eigenvalue weighted by Crippen LogP contribution is -2.48. The summed E-state index contributed by atoms with van der Waals surface area (Å²) in [6.45, 7) is 1.86. The van der Waals surface area contributed by atoms with Gasteiger partial charge in [-0.15, -0.1) is 0 Å². The van der Waals surface area contributed by atoms with Crippen LogP contribution in [0.25, 0.3) is 0 Å². The summed E-state index contributed by atoms with van der Waals surface area (Å²) in [4.78, 5) is 27.2. The average molecular weight is 461 g/mol. The summed E-state index contributed by atoms with van der Waals surface area (Å²) in [6, 6.07) is 16.8. The van der Waals surface area contributed by atoms with E-state index in [1.807, 2.05) is 12.1 Å². The number of nitrogens with one attached hydrogen (secondary N) is 1. The summed E-state index contributed by atoms with van der Waals surface area (Å²) in [7, 11) is 0. The molecule has 0 aliphatic heterocycles. The maximum Gasteiger partial charge on any atom is 0.261 e. The average Bonchev–Trinajstić information content (AvgIpc) is 3.29. The fraction of sp³-hybridized carbons (Fsp3) is 0.217. The van der Waals surface area contributed by atoms with Gasteiger partial charge >= 0.3 is 0 Å². The van der Waals surface area contributed by atoms with Crippen molar-refractivity contribution in [2.45, 2.75) is 26.1 Å². The van der Waals surface area contributed by atoms with E-state index in [0.29, 0.717) is 21.6 Å². The molecule has 1 N–H and O–H groups in total. The van der Waals surface area contributed by atoms with Crippen molar-refractivity contribution in [1.29, 1.82) is 0 Å². The number of halogens is 2. The van der Waals surface area contributed by atoms with Crippen LogP contribution >= 0.6 is 23.2 Å². The van der Waals surface area contributed by atoms with Crippen LogP contribution < -0.4 is 10.1 Å². The minimum Gasteiger partial charge on any atom is -0.482 e. The fourth-order valence-corrected chi connectivity index (χ4v) is 3.20. The molecule has 3 aromatic rings. The van der Waals surface area contributed by atoms with Crippen LogP contribution in [0.4, 0.5) is 0 Å². The first-order valence-electron chi connectivity index (χ1n) is 9.65. The lowest BCUT2D eigenvalue weighted by molar-refractivity contribution is -0.142. The highest BCUT2D eigenvalue weighted by Gasteiger charge is 2.26. The van der Waals surface area contributed by atoms with E-state index in [1.54, 1.807) is 55.5 Å². The molecule has 6 nitrogen and oxygen atoms in total. The second kappa shape index (κ2) is 10.9. The zero-order valence-corrected chi connectivity index (χ0v) is 18.4. The van der Waals surface area contributed by atoms with Crippen LogP contribution in [0.3, 0.4) is 0 Å². The van der Waals surface area contributed by atoms with Crippen LogP contribution in [0.5, 0.6) is 5.75 Å². The van der Waals surface area contributed by atoms with E-state index < -0.39 is 6.04 Å². The highest BCUT2D eigenvalue weighted by Crippen LogP contribution is 2.23. The van der Waals surface area contributed by atoms with Gasteiger partial charge in [0.1, 0.15) is 17.6 Å². The number of ether oxygens (including phenoxy) is 1. The molecule has 0 spiro atoms. The molecular weight excluding hydrogens is 439 g/mol. The Labute approximate surface area is 190 Å². The molecule has 0 saturated heterocycles. The van der Waals surface area contributed by atoms with Crippen molar-refractivity contribution in [1.82, 2.24) is 10.2 Å². The van der Waals surface area contributed by atoms with Gasteiger partial charge in [-0.1, -0.05) is 47.5 Å². The number of carbonyl (C=O) groups excluding carboxylic acids is 2. The number of hydrogen-bond acceptors (Lipinski definition) is 4. The van der Waals surface area contributed by atoms with Gasteiger partial charge in [0.15, 0.2) is 6.61 Å². The Morgan fingerprint density at radius 3 is 2.48 bits per heavy atom. The molecule has 1 heterocycles. The predicted octanol–water partition coefficient (Wildman–Crippen LogP) is 4.70. The Bertz CT molecular complexity index is 1010. The van der Waals surface area contributed by atoms with Gasteiger partial charge in [0.2, 0.25) is 5.91 Å². The van der Waals surface area contributed by atoms with Crippen LogP contribution in [0.2, 0.25) is 10.0 Å². The maximum absolute atomic E-state index is 13.0. The maximum atomic E-state index is 13.0. The molecule has 0 saturated carbocycles. The molecule has 0 aliphatic rings. The molecule has 1 atom stereocenters. The zero-order chi connectivity index (χ0) is 22.2. The van der Waals surface area contributed by atoms with E-state index in [1.165, 1.54) is 11.2 Å². The molecule has 8 heteroatoms. The molecule has 0 fully saturated rings. The van der Waals surface area contributed by atoms with Gasteiger partial charge in [0.25, 0.3) is 5.91 Å². The Balaban J connectivity index is 1.70. The number of para-hydroxylation sites is 1. The third-order valence-electron chi connectivity index (χ3n) is 4.64. The number of benzene rings is 2. The van der Waals surface area contributed by atoms with Crippen LogP contribution in [0.1, 0.15) is 18.2 Å². The van der Waals surface area contributed by atoms with Crippen molar-refractivity contribution in [2.24, 2.45) is 0 Å².